The molecule has 9 nitrogen and oxygen atoms in total. The number of nitrogens with two attached hydrogens (primary N) is 1. The first-order chi connectivity index (χ1) is 16.0. The number of amides is 3. The Hall–Kier alpha value is -3.46. The molecule has 1 fully saturated rings. The van der Waals surface area contributed by atoms with Gasteiger partial charge in [0.25, 0.3) is 0 Å². The first-order valence-electron chi connectivity index (χ1n) is 11.4. The Kier molecular flexibility index (Phi) is 7.19. The van der Waals surface area contributed by atoms with Crippen LogP contribution in [0.2, 0.25) is 0 Å². The van der Waals surface area contributed by atoms with Crippen LogP contribution in [0.1, 0.15) is 35.1 Å². The number of benzene rings is 1. The van der Waals surface area contributed by atoms with Gasteiger partial charge in [-0.25, -0.2) is 4.98 Å². The van der Waals surface area contributed by atoms with Gasteiger partial charge in [0, 0.05) is 50.4 Å². The average molecular weight is 451 g/mol. The third-order valence-electron chi connectivity index (χ3n) is 6.32. The molecule has 0 spiro atoms. The van der Waals surface area contributed by atoms with Crippen molar-refractivity contribution in [2.45, 2.75) is 38.9 Å². The molecule has 1 aromatic carbocycles. The number of aromatic nitrogens is 1. The van der Waals surface area contributed by atoms with Gasteiger partial charge in [-0.1, -0.05) is 24.3 Å². The van der Waals surface area contributed by atoms with E-state index in [4.69, 9.17) is 5.73 Å². The summed E-state index contributed by atoms with van der Waals surface area (Å²) in [6.07, 6.45) is 4.02. The third kappa shape index (κ3) is 5.67. The molecule has 33 heavy (non-hydrogen) atoms. The summed E-state index contributed by atoms with van der Waals surface area (Å²) < 4.78 is 0. The average Bonchev–Trinajstić information content (AvgIpc) is 2.86. The molecule has 1 aromatic heterocycles. The second-order valence-corrected chi connectivity index (χ2v) is 8.55. The van der Waals surface area contributed by atoms with Crippen LogP contribution in [-0.2, 0) is 40.4 Å². The summed E-state index contributed by atoms with van der Waals surface area (Å²) in [7, 11) is 0. The van der Waals surface area contributed by atoms with Crippen molar-refractivity contribution in [3.05, 3.63) is 58.8 Å². The Morgan fingerprint density at radius 2 is 1.82 bits per heavy atom. The molecule has 0 bridgehead atoms. The molecule has 174 valence electrons. The molecule has 2 aromatic rings. The number of piperidine rings is 1. The van der Waals surface area contributed by atoms with E-state index >= 15 is 0 Å². The minimum atomic E-state index is -0.681. The maximum atomic E-state index is 12.4. The van der Waals surface area contributed by atoms with Crippen LogP contribution in [0.5, 0.6) is 0 Å². The number of anilines is 1. The zero-order valence-corrected chi connectivity index (χ0v) is 18.6. The lowest BCUT2D eigenvalue weighted by molar-refractivity contribution is -0.139. The second kappa shape index (κ2) is 10.4. The molecule has 9 heteroatoms. The molecule has 0 aliphatic carbocycles. The number of carbonyl (C=O) groups is 3. The molecule has 0 radical (unpaired) electrons. The normalized spacial score (nSPS) is 16.1. The summed E-state index contributed by atoms with van der Waals surface area (Å²) in [5.41, 5.74) is 9.78. The zero-order valence-electron chi connectivity index (χ0n) is 18.6. The van der Waals surface area contributed by atoms with E-state index in [0.717, 1.165) is 36.5 Å². The number of nitrogens with zero attached hydrogens (tertiary/aromatic N) is 2. The first kappa shape index (κ1) is 22.7. The van der Waals surface area contributed by atoms with Gasteiger partial charge in [-0.05, 0) is 48.6 Å². The molecule has 3 amide bonds. The van der Waals surface area contributed by atoms with Gasteiger partial charge in [-0.3, -0.25) is 14.4 Å². The highest BCUT2D eigenvalue weighted by atomic mass is 16.2. The van der Waals surface area contributed by atoms with E-state index in [2.05, 4.69) is 38.0 Å². The van der Waals surface area contributed by atoms with Gasteiger partial charge in [0.1, 0.15) is 5.82 Å². The minimum absolute atomic E-state index is 0.108. The Morgan fingerprint density at radius 1 is 1.06 bits per heavy atom. The van der Waals surface area contributed by atoms with E-state index in [9.17, 15) is 14.4 Å². The van der Waals surface area contributed by atoms with Crippen LogP contribution in [0, 0.1) is 5.92 Å². The fourth-order valence-corrected chi connectivity index (χ4v) is 4.39. The van der Waals surface area contributed by atoms with E-state index in [-0.39, 0.29) is 18.4 Å². The van der Waals surface area contributed by atoms with Crippen LogP contribution in [0.25, 0.3) is 0 Å². The van der Waals surface area contributed by atoms with Crippen molar-refractivity contribution in [3.63, 3.8) is 0 Å². The summed E-state index contributed by atoms with van der Waals surface area (Å²) in [6.45, 7) is 3.65. The summed E-state index contributed by atoms with van der Waals surface area (Å²) in [4.78, 5) is 42.6. The van der Waals surface area contributed by atoms with Crippen molar-refractivity contribution in [2.24, 2.45) is 11.7 Å². The molecule has 1 saturated heterocycles. The molecular formula is C24H30N6O3. The summed E-state index contributed by atoms with van der Waals surface area (Å²) in [5.74, 6) is -0.962. The van der Waals surface area contributed by atoms with Crippen molar-refractivity contribution in [2.75, 3.05) is 24.5 Å². The molecule has 0 atom stereocenters. The van der Waals surface area contributed by atoms with E-state index in [1.165, 1.54) is 11.1 Å². The Bertz CT molecular complexity index is 1030. The zero-order chi connectivity index (χ0) is 23.2. The van der Waals surface area contributed by atoms with E-state index in [1.807, 2.05) is 12.1 Å². The minimum Gasteiger partial charge on any atom is -0.369 e. The number of primary amides is 1. The lowest BCUT2D eigenvalue weighted by atomic mass is 9.96. The molecule has 0 unspecified atom stereocenters. The SMILES string of the molecule is NC(=O)C1CCN(c2ncccc2CNC(=O)C(=O)NCc2ccc3c(c2)CCNC3)CC1. The summed E-state index contributed by atoms with van der Waals surface area (Å²) in [5, 5.41) is 8.73. The number of pyridine rings is 1. The maximum Gasteiger partial charge on any atom is 0.309 e. The van der Waals surface area contributed by atoms with Crippen LogP contribution >= 0.6 is 0 Å². The lowest BCUT2D eigenvalue weighted by Crippen LogP contribution is -2.41. The highest BCUT2D eigenvalue weighted by molar-refractivity contribution is 6.35. The van der Waals surface area contributed by atoms with Gasteiger partial charge in [-0.15, -0.1) is 0 Å². The van der Waals surface area contributed by atoms with Crippen molar-refractivity contribution in [3.8, 4) is 0 Å². The van der Waals surface area contributed by atoms with Gasteiger partial charge in [-0.2, -0.15) is 0 Å². The Morgan fingerprint density at radius 3 is 2.58 bits per heavy atom. The molecular weight excluding hydrogens is 420 g/mol. The van der Waals surface area contributed by atoms with Crippen LogP contribution in [-0.4, -0.2) is 42.3 Å². The quantitative estimate of drug-likeness (QED) is 0.471. The topological polar surface area (TPSA) is 129 Å². The molecule has 2 aliphatic heterocycles. The lowest BCUT2D eigenvalue weighted by Gasteiger charge is -2.32. The van der Waals surface area contributed by atoms with Gasteiger partial charge in [0.2, 0.25) is 5.91 Å². The number of nitrogens with one attached hydrogen (secondary N) is 3. The van der Waals surface area contributed by atoms with Gasteiger partial charge < -0.3 is 26.6 Å². The number of carbonyl (C=O) groups excluding carboxylic acids is 3. The largest absolute Gasteiger partial charge is 0.369 e. The Labute approximate surface area is 193 Å². The van der Waals surface area contributed by atoms with Crippen molar-refractivity contribution < 1.29 is 14.4 Å². The molecule has 0 saturated carbocycles. The smallest absolute Gasteiger partial charge is 0.309 e. The number of hydrogen-bond donors (Lipinski definition) is 4. The van der Waals surface area contributed by atoms with Gasteiger partial charge in [0.05, 0.1) is 0 Å². The highest BCUT2D eigenvalue weighted by Gasteiger charge is 2.25. The van der Waals surface area contributed by atoms with Crippen LogP contribution in [0.4, 0.5) is 5.82 Å². The summed E-state index contributed by atoms with van der Waals surface area (Å²) in [6, 6.07) is 9.82. The predicted molar refractivity (Wildman–Crippen MR) is 124 cm³/mol. The monoisotopic (exact) mass is 450 g/mol. The van der Waals surface area contributed by atoms with Crippen molar-refractivity contribution in [1.82, 2.24) is 20.9 Å². The number of hydrogen-bond acceptors (Lipinski definition) is 6. The van der Waals surface area contributed by atoms with E-state index < -0.39 is 11.8 Å². The fraction of sp³-hybridized carbons (Fsp3) is 0.417. The maximum absolute atomic E-state index is 12.4. The van der Waals surface area contributed by atoms with Crippen LogP contribution in [0.3, 0.4) is 0 Å². The fourth-order valence-electron chi connectivity index (χ4n) is 4.39. The predicted octanol–water partition coefficient (Wildman–Crippen LogP) is 0.362. The standard InChI is InChI=1S/C24H30N6O3/c25-21(31)17-6-10-30(11-7-17)22-20(2-1-8-27-22)15-29-24(33)23(32)28-13-16-3-4-19-14-26-9-5-18(19)12-16/h1-4,8,12,17,26H,5-7,9-11,13-15H2,(H2,25,31)(H,28,32)(H,29,33). The van der Waals surface area contributed by atoms with Crippen molar-refractivity contribution in [1.29, 1.82) is 0 Å². The second-order valence-electron chi connectivity index (χ2n) is 8.55. The van der Waals surface area contributed by atoms with Crippen molar-refractivity contribution >= 4 is 23.5 Å². The molecule has 3 heterocycles. The highest BCUT2D eigenvalue weighted by Crippen LogP contribution is 2.24. The molecule has 4 rings (SSSR count). The van der Waals surface area contributed by atoms with Gasteiger partial charge >= 0.3 is 11.8 Å². The number of rotatable bonds is 6. The Balaban J connectivity index is 1.29. The first-order valence-corrected chi connectivity index (χ1v) is 11.4. The molecule has 5 N–H and O–H groups in total. The van der Waals surface area contributed by atoms with Crippen LogP contribution < -0.4 is 26.6 Å². The van der Waals surface area contributed by atoms with Crippen LogP contribution in [0.15, 0.2) is 36.5 Å². The summed E-state index contributed by atoms with van der Waals surface area (Å²) >= 11 is 0. The molecule has 2 aliphatic rings. The van der Waals surface area contributed by atoms with Gasteiger partial charge in [0.15, 0.2) is 0 Å². The van der Waals surface area contributed by atoms with E-state index in [0.29, 0.717) is 32.5 Å². The van der Waals surface area contributed by atoms with E-state index in [1.54, 1.807) is 12.3 Å². The third-order valence-corrected chi connectivity index (χ3v) is 6.32. The number of fused-ring (bicyclic) bond motifs is 1.